The number of nitrogens with one attached hydrogen (secondary N) is 1. The number of hydrogen-bond donors (Lipinski definition) is 1. The average molecular weight is 295 g/mol. The molecule has 106 valence electrons. The first-order chi connectivity index (χ1) is 9.58. The Morgan fingerprint density at radius 2 is 2.25 bits per heavy atom. The Balaban J connectivity index is 1.97. The molecule has 0 saturated heterocycles. The summed E-state index contributed by atoms with van der Waals surface area (Å²) in [5.74, 6) is 0.203. The van der Waals surface area contributed by atoms with Crippen LogP contribution in [0.2, 0.25) is 5.02 Å². The van der Waals surface area contributed by atoms with E-state index in [0.29, 0.717) is 18.0 Å². The van der Waals surface area contributed by atoms with E-state index < -0.39 is 4.92 Å². The number of halogens is 1. The number of nitro groups is 1. The Bertz CT molecular complexity index is 557. The van der Waals surface area contributed by atoms with Gasteiger partial charge in [0.1, 0.15) is 5.02 Å². The van der Waals surface area contributed by atoms with Crippen molar-refractivity contribution in [2.45, 2.75) is 19.3 Å². The van der Waals surface area contributed by atoms with Gasteiger partial charge in [-0.25, -0.2) is 0 Å². The van der Waals surface area contributed by atoms with Crippen molar-refractivity contribution in [2.24, 2.45) is 5.92 Å². The fourth-order valence-electron chi connectivity index (χ4n) is 2.18. The molecule has 0 spiro atoms. The number of amides is 1. The van der Waals surface area contributed by atoms with Gasteiger partial charge in [-0.3, -0.25) is 14.9 Å². The molecule has 2 rings (SSSR count). The van der Waals surface area contributed by atoms with Gasteiger partial charge in [-0.05, 0) is 37.3 Å². The van der Waals surface area contributed by atoms with E-state index >= 15 is 0 Å². The van der Waals surface area contributed by atoms with Crippen LogP contribution in [-0.4, -0.2) is 17.4 Å². The topological polar surface area (TPSA) is 72.2 Å². The molecule has 1 aliphatic rings. The van der Waals surface area contributed by atoms with Crippen molar-refractivity contribution in [1.29, 1.82) is 0 Å². The minimum Gasteiger partial charge on any atom is -0.352 e. The summed E-state index contributed by atoms with van der Waals surface area (Å²) in [5.41, 5.74) is 0.146. The number of allylic oxidation sites excluding steroid dienone is 2. The fourth-order valence-corrected chi connectivity index (χ4v) is 2.43. The van der Waals surface area contributed by atoms with Gasteiger partial charge in [-0.15, -0.1) is 0 Å². The SMILES string of the molecule is O=C(NCC1CC=CCC1)c1ccc([N+](=O)[O-])c(Cl)c1. The number of rotatable bonds is 4. The first-order valence-corrected chi connectivity index (χ1v) is 6.83. The molecule has 1 aliphatic carbocycles. The van der Waals surface area contributed by atoms with Crippen LogP contribution in [0.15, 0.2) is 30.4 Å². The van der Waals surface area contributed by atoms with E-state index in [1.165, 1.54) is 18.2 Å². The van der Waals surface area contributed by atoms with Crippen LogP contribution >= 0.6 is 11.6 Å². The highest BCUT2D eigenvalue weighted by atomic mass is 35.5. The molecule has 1 amide bonds. The lowest BCUT2D eigenvalue weighted by Crippen LogP contribution is -2.29. The summed E-state index contributed by atoms with van der Waals surface area (Å²) < 4.78 is 0. The van der Waals surface area contributed by atoms with Gasteiger partial charge in [0, 0.05) is 18.2 Å². The molecule has 5 nitrogen and oxygen atoms in total. The Morgan fingerprint density at radius 1 is 1.45 bits per heavy atom. The van der Waals surface area contributed by atoms with Gasteiger partial charge in [0.25, 0.3) is 11.6 Å². The second kappa shape index (κ2) is 6.52. The summed E-state index contributed by atoms with van der Waals surface area (Å²) in [6, 6.07) is 4.00. The summed E-state index contributed by atoms with van der Waals surface area (Å²) in [6.07, 6.45) is 7.36. The van der Waals surface area contributed by atoms with Crippen LogP contribution in [0.5, 0.6) is 0 Å². The van der Waals surface area contributed by atoms with Gasteiger partial charge in [-0.2, -0.15) is 0 Å². The minimum atomic E-state index is -0.571. The van der Waals surface area contributed by atoms with Crippen LogP contribution in [-0.2, 0) is 0 Å². The van der Waals surface area contributed by atoms with Crippen LogP contribution in [0.3, 0.4) is 0 Å². The zero-order chi connectivity index (χ0) is 14.5. The molecule has 0 fully saturated rings. The third-order valence-corrected chi connectivity index (χ3v) is 3.64. The van der Waals surface area contributed by atoms with Crippen LogP contribution in [0.4, 0.5) is 5.69 Å². The minimum absolute atomic E-state index is 0.0248. The molecule has 1 aromatic carbocycles. The lowest BCUT2D eigenvalue weighted by molar-refractivity contribution is -0.384. The Kier molecular flexibility index (Phi) is 4.74. The van der Waals surface area contributed by atoms with Crippen molar-refractivity contribution < 1.29 is 9.72 Å². The van der Waals surface area contributed by atoms with Crippen LogP contribution in [0.25, 0.3) is 0 Å². The summed E-state index contributed by atoms with van der Waals surface area (Å²) in [5, 5.41) is 13.5. The molecule has 0 bridgehead atoms. The fraction of sp³-hybridized carbons (Fsp3) is 0.357. The first-order valence-electron chi connectivity index (χ1n) is 6.45. The van der Waals surface area contributed by atoms with E-state index in [1.54, 1.807) is 0 Å². The second-order valence-electron chi connectivity index (χ2n) is 4.78. The molecule has 0 aromatic heterocycles. The summed E-state index contributed by atoms with van der Waals surface area (Å²) in [6.45, 7) is 0.609. The van der Waals surface area contributed by atoms with E-state index in [1.807, 2.05) is 0 Å². The van der Waals surface area contributed by atoms with Crippen LogP contribution in [0, 0.1) is 16.0 Å². The van der Waals surface area contributed by atoms with Crippen molar-refractivity contribution >= 4 is 23.2 Å². The van der Waals surface area contributed by atoms with Crippen LogP contribution in [0.1, 0.15) is 29.6 Å². The van der Waals surface area contributed by atoms with Gasteiger partial charge in [0.05, 0.1) is 4.92 Å². The van der Waals surface area contributed by atoms with Gasteiger partial charge in [0.15, 0.2) is 0 Å². The van der Waals surface area contributed by atoms with Gasteiger partial charge >= 0.3 is 0 Å². The van der Waals surface area contributed by atoms with Crippen molar-refractivity contribution in [3.05, 3.63) is 51.1 Å². The molecule has 0 radical (unpaired) electrons. The second-order valence-corrected chi connectivity index (χ2v) is 5.19. The van der Waals surface area contributed by atoms with Crippen LogP contribution < -0.4 is 5.32 Å². The molecular formula is C14H15ClN2O3. The number of benzene rings is 1. The molecule has 0 heterocycles. The third-order valence-electron chi connectivity index (χ3n) is 3.34. The number of carbonyl (C=O) groups excluding carboxylic acids is 1. The Hall–Kier alpha value is -1.88. The smallest absolute Gasteiger partial charge is 0.287 e. The highest BCUT2D eigenvalue weighted by Crippen LogP contribution is 2.25. The molecular weight excluding hydrogens is 280 g/mol. The largest absolute Gasteiger partial charge is 0.352 e. The highest BCUT2D eigenvalue weighted by molar-refractivity contribution is 6.33. The van der Waals surface area contributed by atoms with E-state index in [4.69, 9.17) is 11.6 Å². The van der Waals surface area contributed by atoms with Crippen molar-refractivity contribution in [3.8, 4) is 0 Å². The molecule has 1 N–H and O–H groups in total. The molecule has 1 aromatic rings. The number of nitro benzene ring substituents is 1. The maximum Gasteiger partial charge on any atom is 0.287 e. The summed E-state index contributed by atoms with van der Waals surface area (Å²) in [4.78, 5) is 22.0. The molecule has 0 saturated carbocycles. The maximum atomic E-state index is 12.0. The normalized spacial score (nSPS) is 17.8. The van der Waals surface area contributed by atoms with Gasteiger partial charge in [0.2, 0.25) is 0 Å². The predicted octanol–water partition coefficient (Wildman–Crippen LogP) is 3.33. The summed E-state index contributed by atoms with van der Waals surface area (Å²) in [7, 11) is 0. The van der Waals surface area contributed by atoms with E-state index in [0.717, 1.165) is 19.3 Å². The number of nitrogens with zero attached hydrogens (tertiary/aromatic N) is 1. The average Bonchev–Trinajstić information content (AvgIpc) is 2.45. The quantitative estimate of drug-likeness (QED) is 0.526. The maximum absolute atomic E-state index is 12.0. The molecule has 20 heavy (non-hydrogen) atoms. The van der Waals surface area contributed by atoms with Crippen molar-refractivity contribution in [3.63, 3.8) is 0 Å². The van der Waals surface area contributed by atoms with E-state index in [9.17, 15) is 14.9 Å². The van der Waals surface area contributed by atoms with Crippen molar-refractivity contribution in [1.82, 2.24) is 5.32 Å². The van der Waals surface area contributed by atoms with Gasteiger partial charge in [-0.1, -0.05) is 23.8 Å². The van der Waals surface area contributed by atoms with Crippen molar-refractivity contribution in [2.75, 3.05) is 6.54 Å². The Labute approximate surface area is 121 Å². The molecule has 1 atom stereocenters. The lowest BCUT2D eigenvalue weighted by Gasteiger charge is -2.18. The summed E-state index contributed by atoms with van der Waals surface area (Å²) >= 11 is 5.79. The molecule has 6 heteroatoms. The molecule has 1 unspecified atom stereocenters. The van der Waals surface area contributed by atoms with E-state index in [2.05, 4.69) is 17.5 Å². The standard InChI is InChI=1S/C14H15ClN2O3/c15-12-8-11(6-7-13(12)17(19)20)14(18)16-9-10-4-2-1-3-5-10/h1-2,6-8,10H,3-5,9H2,(H,16,18). The third kappa shape index (κ3) is 3.57. The van der Waals surface area contributed by atoms with E-state index in [-0.39, 0.29) is 16.6 Å². The number of carbonyl (C=O) groups is 1. The predicted molar refractivity (Wildman–Crippen MR) is 76.9 cm³/mol. The molecule has 0 aliphatic heterocycles. The zero-order valence-corrected chi connectivity index (χ0v) is 11.6. The first kappa shape index (κ1) is 14.5. The Morgan fingerprint density at radius 3 is 2.85 bits per heavy atom. The van der Waals surface area contributed by atoms with Gasteiger partial charge < -0.3 is 5.32 Å². The zero-order valence-electron chi connectivity index (χ0n) is 10.8. The number of hydrogen-bond acceptors (Lipinski definition) is 3. The lowest BCUT2D eigenvalue weighted by atomic mass is 9.94. The monoisotopic (exact) mass is 294 g/mol. The highest BCUT2D eigenvalue weighted by Gasteiger charge is 2.16.